The van der Waals surface area contributed by atoms with Crippen molar-refractivity contribution in [2.75, 3.05) is 17.2 Å². The normalized spacial score (nSPS) is 18.1. The summed E-state index contributed by atoms with van der Waals surface area (Å²) in [6.45, 7) is 1.74. The maximum absolute atomic E-state index is 12.0. The van der Waals surface area contributed by atoms with Crippen molar-refractivity contribution in [3.05, 3.63) is 37.9 Å². The Hall–Kier alpha value is -2.16. The molecule has 1 saturated heterocycles. The first-order chi connectivity index (χ1) is 9.85. The summed E-state index contributed by atoms with van der Waals surface area (Å²) in [5.74, 6) is 0.0147. The van der Waals surface area contributed by atoms with Crippen LogP contribution in [0.15, 0.2) is 12.1 Å². The zero-order valence-corrected chi connectivity index (χ0v) is 12.1. The van der Waals surface area contributed by atoms with Crippen LogP contribution in [0.3, 0.4) is 0 Å². The van der Waals surface area contributed by atoms with Crippen LogP contribution in [0.1, 0.15) is 12.0 Å². The molecule has 0 N–H and O–H groups in total. The second kappa shape index (κ2) is 5.68. The topological polar surface area (TPSA) is 107 Å². The number of nitrogens with zero attached hydrogens (tertiary/aromatic N) is 3. The number of carbonyl (C=O) groups is 1. The second-order valence-corrected chi connectivity index (χ2v) is 5.29. The van der Waals surface area contributed by atoms with Gasteiger partial charge in [-0.05, 0) is 24.2 Å². The molecule has 21 heavy (non-hydrogen) atoms. The van der Waals surface area contributed by atoms with Gasteiger partial charge in [-0.3, -0.25) is 25.0 Å². The van der Waals surface area contributed by atoms with Crippen LogP contribution in [-0.2, 0) is 4.79 Å². The van der Waals surface area contributed by atoms with Crippen LogP contribution in [-0.4, -0.2) is 28.1 Å². The highest BCUT2D eigenvalue weighted by Gasteiger charge is 2.38. The van der Waals surface area contributed by atoms with E-state index in [-0.39, 0.29) is 30.5 Å². The molecule has 0 bridgehead atoms. The average molecular weight is 311 g/mol. The van der Waals surface area contributed by atoms with Crippen molar-refractivity contribution >= 4 is 35.6 Å². The van der Waals surface area contributed by atoms with Gasteiger partial charge in [-0.25, -0.2) is 0 Å². The number of carbonyl (C=O) groups excluding carboxylic acids is 1. The third kappa shape index (κ3) is 2.82. The highest BCUT2D eigenvalue weighted by atomic mass is 32.1. The summed E-state index contributed by atoms with van der Waals surface area (Å²) in [6.07, 6.45) is 0.186. The smallest absolute Gasteiger partial charge is 0.300 e. The average Bonchev–Trinajstić information content (AvgIpc) is 2.78. The summed E-state index contributed by atoms with van der Waals surface area (Å²) in [5, 5.41) is 22.4. The molecule has 1 fully saturated rings. The van der Waals surface area contributed by atoms with Gasteiger partial charge in [0.05, 0.1) is 9.85 Å². The molecule has 1 aromatic carbocycles. The van der Waals surface area contributed by atoms with E-state index < -0.39 is 21.2 Å². The fourth-order valence-corrected chi connectivity index (χ4v) is 2.66. The molecule has 0 radical (unpaired) electrons. The lowest BCUT2D eigenvalue weighted by atomic mass is 10.1. The summed E-state index contributed by atoms with van der Waals surface area (Å²) in [7, 11) is 0. The van der Waals surface area contributed by atoms with E-state index in [9.17, 15) is 25.0 Å². The molecule has 0 aromatic heterocycles. The summed E-state index contributed by atoms with van der Waals surface area (Å²) in [6, 6.07) is 2.48. The number of rotatable bonds is 4. The number of hydrogen-bond acceptors (Lipinski definition) is 6. The number of amides is 1. The van der Waals surface area contributed by atoms with Crippen LogP contribution in [0, 0.1) is 33.1 Å². The van der Waals surface area contributed by atoms with Crippen molar-refractivity contribution in [3.8, 4) is 0 Å². The van der Waals surface area contributed by atoms with Crippen molar-refractivity contribution in [2.24, 2.45) is 5.92 Å². The van der Waals surface area contributed by atoms with Gasteiger partial charge in [-0.15, -0.1) is 0 Å². The first kappa shape index (κ1) is 15.2. The van der Waals surface area contributed by atoms with E-state index in [2.05, 4.69) is 12.6 Å². The molecule has 1 unspecified atom stereocenters. The van der Waals surface area contributed by atoms with E-state index in [0.29, 0.717) is 11.3 Å². The van der Waals surface area contributed by atoms with Gasteiger partial charge in [-0.2, -0.15) is 12.6 Å². The first-order valence-corrected chi connectivity index (χ1v) is 6.83. The molecular weight excluding hydrogens is 298 g/mol. The number of hydrogen-bond donors (Lipinski definition) is 1. The van der Waals surface area contributed by atoms with Gasteiger partial charge in [-0.1, -0.05) is 0 Å². The summed E-state index contributed by atoms with van der Waals surface area (Å²) in [4.78, 5) is 34.2. The largest absolute Gasteiger partial charge is 0.300 e. The molecule has 8 nitrogen and oxygen atoms in total. The molecule has 9 heteroatoms. The minimum Gasteiger partial charge on any atom is -0.300 e. The lowest BCUT2D eigenvalue weighted by molar-refractivity contribution is -0.392. The zero-order valence-electron chi connectivity index (χ0n) is 11.2. The van der Waals surface area contributed by atoms with Crippen molar-refractivity contribution in [1.82, 2.24) is 0 Å². The van der Waals surface area contributed by atoms with E-state index in [1.54, 1.807) is 0 Å². The number of nitro groups is 2. The number of thiol groups is 1. The Kier molecular flexibility index (Phi) is 4.12. The van der Waals surface area contributed by atoms with E-state index in [0.717, 1.165) is 4.90 Å². The molecule has 1 aliphatic heterocycles. The predicted octanol–water partition coefficient (Wildman–Crippen LogP) is 2.09. The Labute approximate surface area is 125 Å². The van der Waals surface area contributed by atoms with E-state index in [1.165, 1.54) is 19.1 Å². The Morgan fingerprint density at radius 2 is 1.81 bits per heavy atom. The van der Waals surface area contributed by atoms with Crippen LogP contribution in [0.2, 0.25) is 0 Å². The lowest BCUT2D eigenvalue weighted by Gasteiger charge is -2.16. The van der Waals surface area contributed by atoms with Crippen LogP contribution >= 0.6 is 12.6 Å². The molecule has 1 aliphatic rings. The summed E-state index contributed by atoms with van der Waals surface area (Å²) >= 11 is 4.11. The number of nitro benzene ring substituents is 2. The number of benzene rings is 1. The first-order valence-electron chi connectivity index (χ1n) is 6.19. The monoisotopic (exact) mass is 311 g/mol. The minimum absolute atomic E-state index is 0.0682. The number of anilines is 1. The third-order valence-electron chi connectivity index (χ3n) is 3.34. The highest BCUT2D eigenvalue weighted by molar-refractivity contribution is 7.80. The van der Waals surface area contributed by atoms with Crippen molar-refractivity contribution < 1.29 is 14.6 Å². The second-order valence-electron chi connectivity index (χ2n) is 4.92. The fraction of sp³-hybridized carbons (Fsp3) is 0.417. The molecule has 0 spiro atoms. The van der Waals surface area contributed by atoms with Gasteiger partial charge in [0.25, 0.3) is 11.4 Å². The van der Waals surface area contributed by atoms with Gasteiger partial charge in [0.2, 0.25) is 11.6 Å². The van der Waals surface area contributed by atoms with Crippen molar-refractivity contribution in [3.63, 3.8) is 0 Å². The SMILES string of the molecule is Cc1cc([N+](=O)[O-])c(N2CC(CS)CC2=O)c([N+](=O)[O-])c1. The summed E-state index contributed by atoms with van der Waals surface area (Å²) < 4.78 is 0. The predicted molar refractivity (Wildman–Crippen MR) is 78.8 cm³/mol. The Bertz CT molecular complexity index is 598. The van der Waals surface area contributed by atoms with Gasteiger partial charge in [0, 0.05) is 25.1 Å². The minimum atomic E-state index is -0.698. The van der Waals surface area contributed by atoms with E-state index in [4.69, 9.17) is 0 Å². The molecular formula is C12H13N3O5S. The molecule has 2 rings (SSSR count). The van der Waals surface area contributed by atoms with Crippen LogP contribution in [0.4, 0.5) is 17.1 Å². The molecule has 1 amide bonds. The zero-order chi connectivity index (χ0) is 15.7. The summed E-state index contributed by atoms with van der Waals surface area (Å²) in [5.41, 5.74) is -0.677. The molecule has 112 valence electrons. The molecule has 1 atom stereocenters. The number of aryl methyl sites for hydroxylation is 1. The highest BCUT2D eigenvalue weighted by Crippen LogP contribution is 2.41. The van der Waals surface area contributed by atoms with Crippen LogP contribution in [0.25, 0.3) is 0 Å². The molecule has 1 heterocycles. The van der Waals surface area contributed by atoms with Gasteiger partial charge >= 0.3 is 0 Å². The van der Waals surface area contributed by atoms with Crippen molar-refractivity contribution in [1.29, 1.82) is 0 Å². The third-order valence-corrected chi connectivity index (χ3v) is 3.86. The van der Waals surface area contributed by atoms with Gasteiger partial charge in [0.15, 0.2) is 0 Å². The van der Waals surface area contributed by atoms with E-state index >= 15 is 0 Å². The van der Waals surface area contributed by atoms with Crippen molar-refractivity contribution in [2.45, 2.75) is 13.3 Å². The molecule has 0 aliphatic carbocycles. The van der Waals surface area contributed by atoms with Gasteiger partial charge < -0.3 is 4.90 Å². The fourth-order valence-electron chi connectivity index (χ4n) is 2.42. The van der Waals surface area contributed by atoms with Gasteiger partial charge in [0.1, 0.15) is 0 Å². The quantitative estimate of drug-likeness (QED) is 0.520. The molecule has 1 aromatic rings. The standard InChI is InChI=1S/C12H13N3O5S/c1-7-2-9(14(17)18)12(10(3-7)15(19)20)13-5-8(6-21)4-11(13)16/h2-3,8,21H,4-6H2,1H3. The Balaban J connectivity index is 2.63. The van der Waals surface area contributed by atoms with E-state index in [1.807, 2.05) is 0 Å². The van der Waals surface area contributed by atoms with Crippen LogP contribution < -0.4 is 4.90 Å². The Morgan fingerprint density at radius 3 is 2.19 bits per heavy atom. The molecule has 0 saturated carbocycles. The van der Waals surface area contributed by atoms with Crippen LogP contribution in [0.5, 0.6) is 0 Å². The maximum atomic E-state index is 12.0. The lowest BCUT2D eigenvalue weighted by Crippen LogP contribution is -2.26. The maximum Gasteiger partial charge on any atom is 0.300 e. The Morgan fingerprint density at radius 1 is 1.29 bits per heavy atom.